The molecule has 0 amide bonds. The van der Waals surface area contributed by atoms with Crippen molar-refractivity contribution in [3.05, 3.63) is 34.2 Å². The maximum Gasteiger partial charge on any atom is 0.417 e. The van der Waals surface area contributed by atoms with E-state index in [-0.39, 0.29) is 11.5 Å². The molecule has 0 atom stereocenters. The summed E-state index contributed by atoms with van der Waals surface area (Å²) in [5.41, 5.74) is -2.92. The Balaban J connectivity index is 2.82. The molecule has 0 fully saturated rings. The van der Waals surface area contributed by atoms with Crippen molar-refractivity contribution in [1.29, 1.82) is 0 Å². The third kappa shape index (κ3) is 3.32. The molecule has 1 aromatic heterocycles. The van der Waals surface area contributed by atoms with E-state index in [9.17, 15) is 26.4 Å². The zero-order valence-electron chi connectivity index (χ0n) is 11.2. The van der Waals surface area contributed by atoms with Gasteiger partial charge in [-0.05, 0) is 6.07 Å². The zero-order chi connectivity index (χ0) is 16.7. The first-order valence-electron chi connectivity index (χ1n) is 5.64. The molecule has 2 rings (SSSR count). The Morgan fingerprint density at radius 2 is 1.77 bits per heavy atom. The summed E-state index contributed by atoms with van der Waals surface area (Å²) in [7, 11) is -2.82. The molecule has 0 unspecified atom stereocenters. The quantitative estimate of drug-likeness (QED) is 0.630. The Morgan fingerprint density at radius 3 is 2.27 bits per heavy atom. The van der Waals surface area contributed by atoms with Crippen molar-refractivity contribution in [3.8, 4) is 11.5 Å². The van der Waals surface area contributed by atoms with Gasteiger partial charge < -0.3 is 13.3 Å². The Kier molecular flexibility index (Phi) is 3.81. The largest absolute Gasteiger partial charge is 0.493 e. The van der Waals surface area contributed by atoms with Gasteiger partial charge in [-0.3, -0.25) is 0 Å². The van der Waals surface area contributed by atoms with Crippen LogP contribution in [0.4, 0.5) is 13.2 Å². The van der Waals surface area contributed by atoms with E-state index in [4.69, 9.17) is 4.74 Å². The van der Waals surface area contributed by atoms with E-state index in [0.29, 0.717) is 6.07 Å². The summed E-state index contributed by atoms with van der Waals surface area (Å²) in [5, 5.41) is -0.454. The van der Waals surface area contributed by atoms with Crippen molar-refractivity contribution in [3.63, 3.8) is 0 Å². The third-order valence-electron chi connectivity index (χ3n) is 2.58. The van der Waals surface area contributed by atoms with Gasteiger partial charge in [0, 0.05) is 17.5 Å². The molecule has 0 radical (unpaired) electrons. The number of rotatable bonds is 3. The molecule has 0 N–H and O–H groups in total. The first kappa shape index (κ1) is 16.1. The summed E-state index contributed by atoms with van der Waals surface area (Å²) in [4.78, 5) is 11.2. The van der Waals surface area contributed by atoms with E-state index in [1.807, 2.05) is 0 Å². The number of methoxy groups -OCH3 is 1. The summed E-state index contributed by atoms with van der Waals surface area (Å²) in [5.74, 6) is -0.641. The van der Waals surface area contributed by atoms with Gasteiger partial charge in [0.25, 0.3) is 0 Å². The second kappa shape index (κ2) is 5.20. The van der Waals surface area contributed by atoms with Gasteiger partial charge in [0.15, 0.2) is 11.5 Å². The molecule has 0 aliphatic heterocycles. The Bertz CT molecular complexity index is 882. The fourth-order valence-electron chi connectivity index (χ4n) is 1.79. The molecule has 0 aliphatic rings. The van der Waals surface area contributed by atoms with Crippen molar-refractivity contribution in [1.82, 2.24) is 0 Å². The van der Waals surface area contributed by atoms with Crippen LogP contribution < -0.4 is 14.5 Å². The molecule has 1 aromatic carbocycles. The van der Waals surface area contributed by atoms with Crippen molar-refractivity contribution in [2.45, 2.75) is 6.18 Å². The average Bonchev–Trinajstić information content (AvgIpc) is 2.33. The first-order chi connectivity index (χ1) is 10.0. The van der Waals surface area contributed by atoms with Crippen LogP contribution in [0, 0.1) is 0 Å². The Hall–Kier alpha value is -2.23. The van der Waals surface area contributed by atoms with Crippen LogP contribution in [0.15, 0.2) is 27.4 Å². The van der Waals surface area contributed by atoms with Crippen LogP contribution in [-0.2, 0) is 16.3 Å². The molecular formula is C12H9F3O6S. The molecule has 0 saturated carbocycles. The average molecular weight is 338 g/mol. The fraction of sp³-hybridized carbons (Fsp3) is 0.250. The van der Waals surface area contributed by atoms with Gasteiger partial charge in [0.05, 0.1) is 18.9 Å². The van der Waals surface area contributed by atoms with Gasteiger partial charge in [-0.25, -0.2) is 4.79 Å². The van der Waals surface area contributed by atoms with Crippen LogP contribution in [0.2, 0.25) is 0 Å². The minimum absolute atomic E-state index is 0.253. The van der Waals surface area contributed by atoms with E-state index in [0.717, 1.165) is 25.5 Å². The first-order valence-corrected chi connectivity index (χ1v) is 7.45. The van der Waals surface area contributed by atoms with Crippen molar-refractivity contribution in [2.24, 2.45) is 0 Å². The van der Waals surface area contributed by atoms with E-state index in [2.05, 4.69) is 8.60 Å². The second-order valence-corrected chi connectivity index (χ2v) is 5.84. The molecule has 22 heavy (non-hydrogen) atoms. The number of halogens is 3. The van der Waals surface area contributed by atoms with Crippen LogP contribution in [0.5, 0.6) is 11.5 Å². The predicted molar refractivity (Wildman–Crippen MR) is 69.5 cm³/mol. The number of hydrogen-bond acceptors (Lipinski definition) is 6. The third-order valence-corrected chi connectivity index (χ3v) is 3.06. The van der Waals surface area contributed by atoms with Gasteiger partial charge in [0.1, 0.15) is 5.58 Å². The number of hydrogen-bond donors (Lipinski definition) is 0. The van der Waals surface area contributed by atoms with Gasteiger partial charge >= 0.3 is 21.9 Å². The maximum atomic E-state index is 13.0. The molecule has 120 valence electrons. The monoisotopic (exact) mass is 338 g/mol. The molecule has 6 nitrogen and oxygen atoms in total. The standard InChI is InChI=1S/C12H9F3O6S/c1-19-9-3-6-7(12(13,14)15)4-11(16)20-8(6)5-10(9)21-22(2,17)18/h3-5H,1-2H3. The van der Waals surface area contributed by atoms with Crippen LogP contribution in [-0.4, -0.2) is 21.8 Å². The lowest BCUT2D eigenvalue weighted by Crippen LogP contribution is -2.12. The number of ether oxygens (including phenoxy) is 1. The lowest BCUT2D eigenvalue weighted by Gasteiger charge is -2.13. The van der Waals surface area contributed by atoms with Crippen LogP contribution in [0.1, 0.15) is 5.56 Å². The SMILES string of the molecule is COc1cc2c(C(F)(F)F)cc(=O)oc2cc1OS(C)(=O)=O. The summed E-state index contributed by atoms with van der Waals surface area (Å²) in [6.45, 7) is 0. The normalized spacial score (nSPS) is 12.4. The number of fused-ring (bicyclic) bond motifs is 1. The topological polar surface area (TPSA) is 82.8 Å². The lowest BCUT2D eigenvalue weighted by atomic mass is 10.1. The second-order valence-electron chi connectivity index (χ2n) is 4.26. The smallest absolute Gasteiger partial charge is 0.417 e. The molecule has 10 heteroatoms. The lowest BCUT2D eigenvalue weighted by molar-refractivity contribution is -0.136. The van der Waals surface area contributed by atoms with E-state index < -0.39 is 38.5 Å². The molecule has 0 spiro atoms. The highest BCUT2D eigenvalue weighted by atomic mass is 32.2. The molecule has 1 heterocycles. The number of benzene rings is 1. The molecule has 0 aliphatic carbocycles. The highest BCUT2D eigenvalue weighted by Gasteiger charge is 2.34. The minimum atomic E-state index is -4.79. The predicted octanol–water partition coefficient (Wildman–Crippen LogP) is 2.16. The molecule has 2 aromatic rings. The van der Waals surface area contributed by atoms with Gasteiger partial charge in [0.2, 0.25) is 0 Å². The van der Waals surface area contributed by atoms with Crippen molar-refractivity contribution < 1.29 is 34.9 Å². The van der Waals surface area contributed by atoms with Gasteiger partial charge in [-0.2, -0.15) is 21.6 Å². The van der Waals surface area contributed by atoms with Crippen LogP contribution in [0.25, 0.3) is 11.0 Å². The fourth-order valence-corrected chi connectivity index (χ4v) is 2.25. The Morgan fingerprint density at radius 1 is 1.14 bits per heavy atom. The highest BCUT2D eigenvalue weighted by molar-refractivity contribution is 7.86. The van der Waals surface area contributed by atoms with Gasteiger partial charge in [-0.1, -0.05) is 0 Å². The number of alkyl halides is 3. The van der Waals surface area contributed by atoms with E-state index in [1.54, 1.807) is 0 Å². The molecule has 0 bridgehead atoms. The Labute approximate surface area is 122 Å². The summed E-state index contributed by atoms with van der Waals surface area (Å²) >= 11 is 0. The van der Waals surface area contributed by atoms with E-state index in [1.165, 1.54) is 0 Å². The van der Waals surface area contributed by atoms with Crippen LogP contribution in [0.3, 0.4) is 0 Å². The van der Waals surface area contributed by atoms with Crippen molar-refractivity contribution in [2.75, 3.05) is 13.4 Å². The summed E-state index contributed by atoms with van der Waals surface area (Å²) < 4.78 is 75.3. The highest BCUT2D eigenvalue weighted by Crippen LogP contribution is 2.39. The maximum absolute atomic E-state index is 13.0. The van der Waals surface area contributed by atoms with Gasteiger partial charge in [-0.15, -0.1) is 0 Å². The summed E-state index contributed by atoms with van der Waals surface area (Å²) in [6, 6.07) is 2.05. The minimum Gasteiger partial charge on any atom is -0.493 e. The molecule has 0 saturated heterocycles. The zero-order valence-corrected chi connectivity index (χ0v) is 12.0. The summed E-state index contributed by atoms with van der Waals surface area (Å²) in [6.07, 6.45) is -4.04. The molecular weight excluding hydrogens is 329 g/mol. The van der Waals surface area contributed by atoms with Crippen LogP contribution >= 0.6 is 0 Å². The van der Waals surface area contributed by atoms with Crippen molar-refractivity contribution >= 4 is 21.1 Å². The van der Waals surface area contributed by atoms with E-state index >= 15 is 0 Å².